The van der Waals surface area contributed by atoms with Crippen molar-refractivity contribution in [2.45, 2.75) is 51.0 Å². The predicted octanol–water partition coefficient (Wildman–Crippen LogP) is 4.14. The van der Waals surface area contributed by atoms with E-state index in [9.17, 15) is 5.11 Å². The van der Waals surface area contributed by atoms with E-state index in [4.69, 9.17) is 15.0 Å². The molecule has 1 radical (unpaired) electrons. The van der Waals surface area contributed by atoms with E-state index in [2.05, 4.69) is 65.9 Å². The van der Waals surface area contributed by atoms with Gasteiger partial charge in [0.15, 0.2) is 0 Å². The van der Waals surface area contributed by atoms with E-state index < -0.39 is 0 Å². The Kier molecular flexibility index (Phi) is 26.9. The van der Waals surface area contributed by atoms with Crippen LogP contribution in [-0.4, -0.2) is 104 Å². The number of likely N-dealkylation sites (tertiary alicyclic amines) is 1. The van der Waals surface area contributed by atoms with Crippen molar-refractivity contribution < 1.29 is 40.5 Å². The molecule has 0 aromatic heterocycles. The Balaban J connectivity index is 0. The average Bonchev–Trinajstić information content (AvgIpc) is 2.98. The standard InChI is InChI=1S/C28H43N3O.2CH4O.CHO.Re/c1-29(2)22-23-31(24-27-14-8-9-15-28(27)32)19-11-4-3-10-18-30-20-16-26(17-21-30)25-12-6-5-7-13-25;3*1-2;/h5-9,12-15,26,32H,3-4,10-11,16-24H2,1-2H3;2*2H,1H3;1H;/q;;;-1;. The maximum atomic E-state index is 10.1. The fraction of sp³-hybridized carbons (Fsp3) is 0.581. The number of benzene rings is 2. The van der Waals surface area contributed by atoms with Crippen LogP contribution in [0.2, 0.25) is 0 Å². The molecule has 1 heterocycles. The third-order valence-electron chi connectivity index (χ3n) is 6.81. The molecular weight excluding hydrogens is 665 g/mol. The van der Waals surface area contributed by atoms with Crippen molar-refractivity contribution >= 4 is 6.79 Å². The van der Waals surface area contributed by atoms with Gasteiger partial charge in [-0.05, 0) is 83.5 Å². The van der Waals surface area contributed by atoms with E-state index in [1.54, 1.807) is 6.07 Å². The molecule has 0 unspecified atom stereocenters. The number of hydrogen-bond donors (Lipinski definition) is 3. The van der Waals surface area contributed by atoms with Crippen molar-refractivity contribution in [2.75, 3.05) is 67.6 Å². The molecule has 1 saturated heterocycles. The van der Waals surface area contributed by atoms with E-state index in [1.165, 1.54) is 63.7 Å². The van der Waals surface area contributed by atoms with Crippen LogP contribution in [0.1, 0.15) is 55.6 Å². The molecule has 1 aliphatic heterocycles. The molecule has 0 spiro atoms. The number of likely N-dealkylation sites (N-methyl/N-ethyl adjacent to an activating group) is 1. The summed E-state index contributed by atoms with van der Waals surface area (Å²) in [5.41, 5.74) is 2.56. The zero-order valence-electron chi connectivity index (χ0n) is 24.5. The molecule has 0 bridgehead atoms. The quantitative estimate of drug-likeness (QED) is 0.163. The van der Waals surface area contributed by atoms with Crippen LogP contribution in [0.25, 0.3) is 0 Å². The summed E-state index contributed by atoms with van der Waals surface area (Å²) >= 11 is 0. The van der Waals surface area contributed by atoms with Crippen LogP contribution in [0.5, 0.6) is 5.75 Å². The molecule has 3 rings (SSSR count). The number of carbonyl (C=O) groups excluding carboxylic acids is 1. The Bertz CT molecular complexity index is 790. The van der Waals surface area contributed by atoms with Crippen LogP contribution in [0, 0.1) is 0 Å². The number of unbranched alkanes of at least 4 members (excludes halogenated alkanes) is 3. The number of nitrogens with zero attached hydrogens (tertiary/aromatic N) is 3. The molecule has 8 heteroatoms. The third kappa shape index (κ3) is 17.6. The number of hydrogen-bond acceptors (Lipinski definition) is 7. The summed E-state index contributed by atoms with van der Waals surface area (Å²) in [6.45, 7) is 11.0. The molecule has 0 saturated carbocycles. The van der Waals surface area contributed by atoms with Crippen LogP contribution < -0.4 is 0 Å². The topological polar surface area (TPSA) is 87.5 Å². The summed E-state index contributed by atoms with van der Waals surface area (Å²) in [5.74, 6) is 1.17. The zero-order valence-corrected chi connectivity index (χ0v) is 27.2. The van der Waals surface area contributed by atoms with E-state index in [0.717, 1.165) is 51.9 Å². The number of aromatic hydroxyl groups is 1. The van der Waals surface area contributed by atoms with E-state index >= 15 is 0 Å². The van der Waals surface area contributed by atoms with Gasteiger partial charge in [0, 0.05) is 59.8 Å². The van der Waals surface area contributed by atoms with Crippen LogP contribution >= 0.6 is 0 Å². The van der Waals surface area contributed by atoms with Crippen molar-refractivity contribution in [2.24, 2.45) is 0 Å². The zero-order chi connectivity index (χ0) is 28.6. The van der Waals surface area contributed by atoms with E-state index in [0.29, 0.717) is 5.75 Å². The fourth-order valence-corrected chi connectivity index (χ4v) is 4.74. The van der Waals surface area contributed by atoms with Crippen LogP contribution in [0.4, 0.5) is 0 Å². The first-order valence-electron chi connectivity index (χ1n) is 13.7. The smallest absolute Gasteiger partial charge is 0.120 e. The first-order valence-corrected chi connectivity index (χ1v) is 13.7. The largest absolute Gasteiger partial charge is 0.545 e. The normalized spacial score (nSPS) is 13.2. The predicted molar refractivity (Wildman–Crippen MR) is 158 cm³/mol. The third-order valence-corrected chi connectivity index (χ3v) is 6.81. The first-order chi connectivity index (χ1) is 18.6. The van der Waals surface area contributed by atoms with Gasteiger partial charge in [-0.2, -0.15) is 0 Å². The molecule has 0 amide bonds. The van der Waals surface area contributed by atoms with Crippen molar-refractivity contribution in [1.82, 2.24) is 14.7 Å². The monoisotopic (exact) mass is 717 g/mol. The number of rotatable bonds is 13. The van der Waals surface area contributed by atoms with Gasteiger partial charge in [0.25, 0.3) is 0 Å². The van der Waals surface area contributed by atoms with Crippen molar-refractivity contribution in [3.8, 4) is 5.75 Å². The van der Waals surface area contributed by atoms with Gasteiger partial charge in [-0.1, -0.05) is 61.4 Å². The van der Waals surface area contributed by atoms with Crippen molar-refractivity contribution in [3.05, 3.63) is 65.7 Å². The molecule has 223 valence electrons. The maximum absolute atomic E-state index is 10.1. The number of aliphatic hydroxyl groups is 2. The SMILES string of the molecule is CN(C)CCN(CCCCCCN1CCC(c2ccccc2)CC1)Cc1ccccc1O.CO.CO.[CH-]=O.[Re]. The van der Waals surface area contributed by atoms with Gasteiger partial charge in [-0.25, -0.2) is 0 Å². The Morgan fingerprint density at radius 3 is 1.95 bits per heavy atom. The second-order valence-electron chi connectivity index (χ2n) is 9.65. The second-order valence-corrected chi connectivity index (χ2v) is 9.65. The summed E-state index contributed by atoms with van der Waals surface area (Å²) in [6.07, 6.45) is 7.76. The number of phenolic OH excluding ortho intramolecular Hbond substituents is 1. The summed E-state index contributed by atoms with van der Waals surface area (Å²) in [5, 5.41) is 24.1. The average molecular weight is 717 g/mol. The number of piperidine rings is 1. The fourth-order valence-electron chi connectivity index (χ4n) is 4.74. The summed E-state index contributed by atoms with van der Waals surface area (Å²) in [7, 11) is 6.25. The minimum atomic E-state index is 0. The molecule has 3 N–H and O–H groups in total. The molecule has 0 aliphatic carbocycles. The van der Waals surface area contributed by atoms with Gasteiger partial charge >= 0.3 is 0 Å². The number of para-hydroxylation sites is 1. The molecule has 2 aromatic rings. The summed E-state index contributed by atoms with van der Waals surface area (Å²) in [4.78, 5) is 15.1. The Morgan fingerprint density at radius 2 is 1.36 bits per heavy atom. The minimum Gasteiger partial charge on any atom is -0.545 e. The van der Waals surface area contributed by atoms with Crippen molar-refractivity contribution in [1.29, 1.82) is 0 Å². The van der Waals surface area contributed by atoms with Gasteiger partial charge in [-0.3, -0.25) is 11.7 Å². The Hall–Kier alpha value is -1.63. The molecule has 0 atom stereocenters. The first kappa shape index (κ1) is 39.5. The molecule has 1 aliphatic rings. The number of phenols is 1. The van der Waals surface area contributed by atoms with Crippen LogP contribution in [0.15, 0.2) is 54.6 Å². The van der Waals surface area contributed by atoms with Crippen LogP contribution in [-0.2, 0) is 31.8 Å². The van der Waals surface area contributed by atoms with E-state index in [-0.39, 0.29) is 20.4 Å². The second kappa shape index (κ2) is 26.6. The molecule has 7 nitrogen and oxygen atoms in total. The Labute approximate surface area is 251 Å². The van der Waals surface area contributed by atoms with Gasteiger partial charge in [0.05, 0.1) is 0 Å². The Morgan fingerprint density at radius 1 is 0.795 bits per heavy atom. The van der Waals surface area contributed by atoms with Crippen molar-refractivity contribution in [3.63, 3.8) is 0 Å². The summed E-state index contributed by atoms with van der Waals surface area (Å²) < 4.78 is 0. The molecule has 1 fully saturated rings. The molecule has 39 heavy (non-hydrogen) atoms. The molecular formula is C31H52N3O4Re-. The summed E-state index contributed by atoms with van der Waals surface area (Å²) in [6, 6.07) is 18.8. The van der Waals surface area contributed by atoms with Gasteiger partial charge in [0.1, 0.15) is 5.75 Å². The van der Waals surface area contributed by atoms with Gasteiger partial charge < -0.3 is 29.9 Å². The maximum Gasteiger partial charge on any atom is 0.120 e. The van der Waals surface area contributed by atoms with Gasteiger partial charge in [-0.15, -0.1) is 0 Å². The van der Waals surface area contributed by atoms with E-state index in [1.807, 2.05) is 18.2 Å². The number of aliphatic hydroxyl groups excluding tert-OH is 2. The minimum absolute atomic E-state index is 0. The molecule has 2 aromatic carbocycles. The van der Waals surface area contributed by atoms with Gasteiger partial charge in [0.2, 0.25) is 0 Å². The van der Waals surface area contributed by atoms with Crippen LogP contribution in [0.3, 0.4) is 0 Å².